The minimum Gasteiger partial charge on any atom is -0.462 e. The number of aromatic nitrogens is 3. The fraction of sp³-hybridized carbons (Fsp3) is 0.417. The summed E-state index contributed by atoms with van der Waals surface area (Å²) in [4.78, 5) is 36.1. The predicted octanol–water partition coefficient (Wildman–Crippen LogP) is 4.37. The zero-order chi connectivity index (χ0) is 34.3. The molecule has 4 N–H and O–H groups in total. The molecule has 13 heteroatoms. The van der Waals surface area contributed by atoms with Gasteiger partial charge in [0.25, 0.3) is 0 Å². The van der Waals surface area contributed by atoms with Crippen LogP contribution in [0.3, 0.4) is 0 Å². The standard InChI is InChI=1S/C36H45N7O5S/c1-2-26-10-14-29(15-11-26)47-21-22-48-30-16-12-27(13-17-30)18-20-38-34(45)24-43-23-28(41-42-43)7-5-6-19-37-33(44)9-4-3-8-32-35-31(25-49-32)39-36(46)40-35/h2,10-17,21-23,31-32,35H,1,3-9,18-20,24-25H2,(H,37,44)(H,38,45)(H2,39,40,46). The SMILES string of the molecule is C=Cc1ccc(OC=COc2ccc(CCNC(=O)Cn3cc(CCCCNC(=O)CCCCC4SCC5NC(=O)NC54)nn3)cc2)cc1. The van der Waals surface area contributed by atoms with Gasteiger partial charge in [-0.3, -0.25) is 9.59 Å². The maximum Gasteiger partial charge on any atom is 0.315 e. The number of hydrogen-bond acceptors (Lipinski definition) is 8. The van der Waals surface area contributed by atoms with E-state index in [2.05, 4.69) is 38.2 Å². The number of rotatable bonds is 20. The lowest BCUT2D eigenvalue weighted by Crippen LogP contribution is -2.36. The lowest BCUT2D eigenvalue weighted by Gasteiger charge is -2.16. The molecule has 0 bridgehead atoms. The first-order valence-electron chi connectivity index (χ1n) is 16.9. The molecule has 4 amide bonds. The number of hydrogen-bond donors (Lipinski definition) is 4. The maximum absolute atomic E-state index is 12.4. The summed E-state index contributed by atoms with van der Waals surface area (Å²) in [7, 11) is 0. The second-order valence-corrected chi connectivity index (χ2v) is 13.4. The third-order valence-electron chi connectivity index (χ3n) is 8.39. The monoisotopic (exact) mass is 687 g/mol. The van der Waals surface area contributed by atoms with Gasteiger partial charge in [0.1, 0.15) is 30.6 Å². The summed E-state index contributed by atoms with van der Waals surface area (Å²) in [5, 5.41) is 20.6. The van der Waals surface area contributed by atoms with E-state index in [0.717, 1.165) is 61.1 Å². The molecular formula is C36H45N7O5S. The highest BCUT2D eigenvalue weighted by Crippen LogP contribution is 2.33. The van der Waals surface area contributed by atoms with E-state index in [-0.39, 0.29) is 36.5 Å². The molecule has 3 atom stereocenters. The Morgan fingerprint density at radius 3 is 2.41 bits per heavy atom. The molecule has 12 nitrogen and oxygen atoms in total. The summed E-state index contributed by atoms with van der Waals surface area (Å²) in [5.41, 5.74) is 2.92. The van der Waals surface area contributed by atoms with E-state index in [1.165, 1.54) is 12.5 Å². The number of urea groups is 1. The molecule has 0 spiro atoms. The van der Waals surface area contributed by atoms with Crippen molar-refractivity contribution in [3.63, 3.8) is 0 Å². The summed E-state index contributed by atoms with van der Waals surface area (Å²) in [6, 6.07) is 15.6. The molecule has 2 saturated heterocycles. The second-order valence-electron chi connectivity index (χ2n) is 12.1. The van der Waals surface area contributed by atoms with Gasteiger partial charge in [-0.1, -0.05) is 48.6 Å². The molecule has 1 aromatic heterocycles. The number of aryl methyl sites for hydroxylation is 1. The van der Waals surface area contributed by atoms with Crippen LogP contribution < -0.4 is 30.7 Å². The van der Waals surface area contributed by atoms with Crippen LogP contribution in [0.4, 0.5) is 4.79 Å². The number of unbranched alkanes of at least 4 members (excludes halogenated alkanes) is 2. The lowest BCUT2D eigenvalue weighted by molar-refractivity contribution is -0.122. The van der Waals surface area contributed by atoms with Gasteiger partial charge < -0.3 is 30.7 Å². The molecule has 2 aromatic carbocycles. The number of fused-ring (bicyclic) bond motifs is 1. The van der Waals surface area contributed by atoms with Crippen LogP contribution in [0.2, 0.25) is 0 Å². The van der Waals surface area contributed by atoms with Gasteiger partial charge in [-0.15, -0.1) is 5.10 Å². The van der Waals surface area contributed by atoms with Crippen molar-refractivity contribution in [1.82, 2.24) is 36.3 Å². The molecule has 3 aromatic rings. The number of nitrogens with zero attached hydrogens (tertiary/aromatic N) is 3. The van der Waals surface area contributed by atoms with Crippen LogP contribution in [-0.4, -0.2) is 69.0 Å². The largest absolute Gasteiger partial charge is 0.462 e. The third-order valence-corrected chi connectivity index (χ3v) is 9.90. The zero-order valence-corrected chi connectivity index (χ0v) is 28.5. The Hall–Kier alpha value is -4.78. The zero-order valence-electron chi connectivity index (χ0n) is 27.6. The minimum atomic E-state index is -0.128. The van der Waals surface area contributed by atoms with Gasteiger partial charge >= 0.3 is 6.03 Å². The first-order valence-corrected chi connectivity index (χ1v) is 17.9. The average molecular weight is 688 g/mol. The van der Waals surface area contributed by atoms with E-state index < -0.39 is 0 Å². The van der Waals surface area contributed by atoms with Crippen LogP contribution in [-0.2, 0) is 29.0 Å². The van der Waals surface area contributed by atoms with Gasteiger partial charge in [-0.2, -0.15) is 11.8 Å². The second kappa shape index (κ2) is 18.7. The smallest absolute Gasteiger partial charge is 0.315 e. The van der Waals surface area contributed by atoms with Crippen LogP contribution in [0.25, 0.3) is 6.08 Å². The summed E-state index contributed by atoms with van der Waals surface area (Å²) < 4.78 is 12.7. The maximum atomic E-state index is 12.4. The van der Waals surface area contributed by atoms with Crippen molar-refractivity contribution in [2.75, 3.05) is 18.8 Å². The van der Waals surface area contributed by atoms with Crippen LogP contribution in [0.5, 0.6) is 11.5 Å². The molecule has 2 aliphatic rings. The van der Waals surface area contributed by atoms with Gasteiger partial charge in [-0.25, -0.2) is 9.48 Å². The Kier molecular flexibility index (Phi) is 13.5. The third kappa shape index (κ3) is 11.7. The molecule has 5 rings (SSSR count). The van der Waals surface area contributed by atoms with E-state index in [0.29, 0.717) is 42.7 Å². The average Bonchev–Trinajstić information content (AvgIpc) is 3.82. The first kappa shape index (κ1) is 35.5. The van der Waals surface area contributed by atoms with Gasteiger partial charge in [0.05, 0.1) is 17.8 Å². The fourth-order valence-corrected chi connectivity index (χ4v) is 7.27. The first-order chi connectivity index (χ1) is 23.9. The molecule has 2 aliphatic heterocycles. The topological polar surface area (TPSA) is 148 Å². The lowest BCUT2D eigenvalue weighted by atomic mass is 10.0. The van der Waals surface area contributed by atoms with Crippen molar-refractivity contribution in [2.45, 2.75) is 75.2 Å². The van der Waals surface area contributed by atoms with Crippen LogP contribution in [0.1, 0.15) is 55.3 Å². The van der Waals surface area contributed by atoms with Crippen LogP contribution in [0, 0.1) is 0 Å². The van der Waals surface area contributed by atoms with Crippen molar-refractivity contribution < 1.29 is 23.9 Å². The number of carbonyl (C=O) groups excluding carboxylic acids is 3. The number of amides is 4. The Morgan fingerprint density at radius 2 is 1.65 bits per heavy atom. The van der Waals surface area contributed by atoms with Gasteiger partial charge in [0.2, 0.25) is 11.8 Å². The van der Waals surface area contributed by atoms with E-state index in [4.69, 9.17) is 9.47 Å². The van der Waals surface area contributed by atoms with Crippen molar-refractivity contribution in [1.29, 1.82) is 0 Å². The van der Waals surface area contributed by atoms with E-state index in [9.17, 15) is 14.4 Å². The van der Waals surface area contributed by atoms with Crippen molar-refractivity contribution in [3.05, 3.63) is 90.7 Å². The van der Waals surface area contributed by atoms with E-state index in [1.54, 1.807) is 17.0 Å². The van der Waals surface area contributed by atoms with Crippen molar-refractivity contribution in [2.24, 2.45) is 0 Å². The normalized spacial score (nSPS) is 18.0. The molecule has 3 heterocycles. The Labute approximate surface area is 291 Å². The summed E-state index contributed by atoms with van der Waals surface area (Å²) in [5.74, 6) is 2.30. The van der Waals surface area contributed by atoms with Gasteiger partial charge in [0.15, 0.2) is 0 Å². The van der Waals surface area contributed by atoms with Crippen LogP contribution in [0.15, 0.2) is 73.8 Å². The molecule has 3 unspecified atom stereocenters. The summed E-state index contributed by atoms with van der Waals surface area (Å²) in [6.45, 7) is 4.97. The molecular weight excluding hydrogens is 643 g/mol. The van der Waals surface area contributed by atoms with E-state index >= 15 is 0 Å². The number of ether oxygens (including phenoxy) is 2. The highest BCUT2D eigenvalue weighted by atomic mass is 32.2. The van der Waals surface area contributed by atoms with Crippen molar-refractivity contribution in [3.8, 4) is 11.5 Å². The number of thioether (sulfide) groups is 1. The highest BCUT2D eigenvalue weighted by molar-refractivity contribution is 8.00. The molecule has 0 aliphatic carbocycles. The Morgan fingerprint density at radius 1 is 0.918 bits per heavy atom. The van der Waals surface area contributed by atoms with Crippen LogP contribution >= 0.6 is 11.8 Å². The quantitative estimate of drug-likeness (QED) is 0.0778. The number of nitrogens with one attached hydrogen (secondary N) is 4. The Balaban J connectivity index is 0.867. The minimum absolute atomic E-state index is 0.0613. The Bertz CT molecular complexity index is 1560. The van der Waals surface area contributed by atoms with E-state index in [1.807, 2.05) is 60.3 Å². The fourth-order valence-electron chi connectivity index (χ4n) is 5.73. The predicted molar refractivity (Wildman–Crippen MR) is 190 cm³/mol. The van der Waals surface area contributed by atoms with Gasteiger partial charge in [0, 0.05) is 36.7 Å². The molecule has 260 valence electrons. The molecule has 0 radical (unpaired) electrons. The molecule has 2 fully saturated rings. The summed E-state index contributed by atoms with van der Waals surface area (Å²) in [6.07, 6.45) is 13.0. The number of carbonyl (C=O) groups is 3. The molecule has 49 heavy (non-hydrogen) atoms. The molecule has 0 saturated carbocycles. The number of benzene rings is 2. The highest BCUT2D eigenvalue weighted by Gasteiger charge is 2.42. The van der Waals surface area contributed by atoms with Gasteiger partial charge in [-0.05, 0) is 73.9 Å². The summed E-state index contributed by atoms with van der Waals surface area (Å²) >= 11 is 1.90. The van der Waals surface area contributed by atoms with Crippen molar-refractivity contribution >= 4 is 35.7 Å².